The van der Waals surface area contributed by atoms with Crippen molar-refractivity contribution in [3.63, 3.8) is 0 Å². The Balaban J connectivity index is 1.62. The zero-order valence-electron chi connectivity index (χ0n) is 16.8. The molecule has 8 heteroatoms. The van der Waals surface area contributed by atoms with Gasteiger partial charge in [0.15, 0.2) is 5.76 Å². The van der Waals surface area contributed by atoms with Crippen molar-refractivity contribution in [1.29, 1.82) is 0 Å². The first-order valence-corrected chi connectivity index (χ1v) is 9.85. The number of ether oxygens (including phenoxy) is 1. The van der Waals surface area contributed by atoms with Gasteiger partial charge in [-0.25, -0.2) is 10.2 Å². The van der Waals surface area contributed by atoms with E-state index in [9.17, 15) is 9.59 Å². The average molecular weight is 406 g/mol. The van der Waals surface area contributed by atoms with Crippen LogP contribution in [0.2, 0.25) is 0 Å². The molecule has 1 aliphatic rings. The minimum absolute atomic E-state index is 0.242. The van der Waals surface area contributed by atoms with E-state index in [1.54, 1.807) is 13.1 Å². The molecule has 2 N–H and O–H groups in total. The third kappa shape index (κ3) is 3.76. The third-order valence-electron chi connectivity index (χ3n) is 4.98. The lowest BCUT2D eigenvalue weighted by atomic mass is 9.93. The number of nitrogens with one attached hydrogen (secondary N) is 2. The van der Waals surface area contributed by atoms with E-state index in [4.69, 9.17) is 9.15 Å². The highest BCUT2D eigenvalue weighted by Gasteiger charge is 2.28. The fourth-order valence-corrected chi connectivity index (χ4v) is 3.66. The molecule has 1 aliphatic carbocycles. The minimum atomic E-state index is -0.610. The smallest absolute Gasteiger partial charge is 0.427 e. The molecule has 30 heavy (non-hydrogen) atoms. The van der Waals surface area contributed by atoms with Gasteiger partial charge >= 0.3 is 6.09 Å². The summed E-state index contributed by atoms with van der Waals surface area (Å²) in [6, 6.07) is 9.30. The Morgan fingerprint density at radius 2 is 2.10 bits per heavy atom. The van der Waals surface area contributed by atoms with Gasteiger partial charge in [0.1, 0.15) is 5.76 Å². The summed E-state index contributed by atoms with van der Waals surface area (Å²) in [6.45, 7) is 3.82. The summed E-state index contributed by atoms with van der Waals surface area (Å²) in [5.41, 5.74) is 6.02. The number of aromatic nitrogens is 1. The standard InChI is InChI=1S/C22H22N4O4/c1-3-29-22(28)26-25-17-10-5-11-18-19(17)13(2)20(30-18)21(27)24-16-9-4-8-15-14(16)7-6-12-23-15/h4,6-9,12H,3,5,10-11H2,1-2H3,(H,24,27)(H,26,28)/b25-17+. The second kappa shape index (κ2) is 8.36. The van der Waals surface area contributed by atoms with E-state index >= 15 is 0 Å². The first kappa shape index (κ1) is 19.6. The maximum atomic E-state index is 13.0. The number of amides is 2. The summed E-state index contributed by atoms with van der Waals surface area (Å²) in [4.78, 5) is 28.9. The average Bonchev–Trinajstić information content (AvgIpc) is 3.10. The third-order valence-corrected chi connectivity index (χ3v) is 4.98. The molecule has 0 radical (unpaired) electrons. The van der Waals surface area contributed by atoms with E-state index in [2.05, 4.69) is 20.8 Å². The van der Waals surface area contributed by atoms with Gasteiger partial charge in [-0.3, -0.25) is 9.78 Å². The second-order valence-electron chi connectivity index (χ2n) is 6.93. The molecule has 2 amide bonds. The predicted octanol–water partition coefficient (Wildman–Crippen LogP) is 4.18. The Morgan fingerprint density at radius 3 is 2.93 bits per heavy atom. The van der Waals surface area contributed by atoms with Crippen LogP contribution in [-0.4, -0.2) is 29.3 Å². The lowest BCUT2D eigenvalue weighted by molar-refractivity contribution is 0.0994. The molecule has 0 bridgehead atoms. The van der Waals surface area contributed by atoms with Crippen LogP contribution in [0.5, 0.6) is 0 Å². The van der Waals surface area contributed by atoms with Crippen LogP contribution < -0.4 is 10.7 Å². The topological polar surface area (TPSA) is 106 Å². The Bertz CT molecular complexity index is 1140. The molecule has 0 saturated carbocycles. The first-order valence-electron chi connectivity index (χ1n) is 9.85. The number of furan rings is 1. The number of nitrogens with zero attached hydrogens (tertiary/aromatic N) is 2. The highest BCUT2D eigenvalue weighted by atomic mass is 16.5. The maximum Gasteiger partial charge on any atom is 0.427 e. The van der Waals surface area contributed by atoms with E-state index in [0.717, 1.165) is 22.9 Å². The monoisotopic (exact) mass is 406 g/mol. The number of fused-ring (bicyclic) bond motifs is 2. The summed E-state index contributed by atoms with van der Waals surface area (Å²) in [6.07, 6.45) is 3.31. The van der Waals surface area contributed by atoms with Gasteiger partial charge in [0.05, 0.1) is 23.5 Å². The Hall–Kier alpha value is -3.68. The molecule has 4 rings (SSSR count). The normalized spacial score (nSPS) is 14.4. The van der Waals surface area contributed by atoms with Crippen molar-refractivity contribution in [2.75, 3.05) is 11.9 Å². The zero-order valence-corrected chi connectivity index (χ0v) is 16.8. The van der Waals surface area contributed by atoms with Crippen molar-refractivity contribution in [3.8, 4) is 0 Å². The van der Waals surface area contributed by atoms with Crippen LogP contribution in [0.25, 0.3) is 10.9 Å². The highest BCUT2D eigenvalue weighted by molar-refractivity contribution is 6.11. The lowest BCUT2D eigenvalue weighted by Gasteiger charge is -2.13. The van der Waals surface area contributed by atoms with Gasteiger partial charge < -0.3 is 14.5 Å². The minimum Gasteiger partial charge on any atom is -0.455 e. The van der Waals surface area contributed by atoms with Gasteiger partial charge in [0.2, 0.25) is 0 Å². The summed E-state index contributed by atoms with van der Waals surface area (Å²) in [5.74, 6) is 0.607. The fourth-order valence-electron chi connectivity index (χ4n) is 3.66. The molecular weight excluding hydrogens is 384 g/mol. The molecule has 0 aliphatic heterocycles. The van der Waals surface area contributed by atoms with Crippen LogP contribution in [0.3, 0.4) is 0 Å². The first-order chi connectivity index (χ1) is 14.6. The Labute approximate surface area is 173 Å². The molecule has 0 atom stereocenters. The van der Waals surface area contributed by atoms with Crippen LogP contribution in [0.1, 0.15) is 47.2 Å². The fraction of sp³-hybridized carbons (Fsp3) is 0.273. The summed E-state index contributed by atoms with van der Waals surface area (Å²) in [5, 5.41) is 7.97. The Morgan fingerprint density at radius 1 is 1.23 bits per heavy atom. The molecule has 1 aromatic carbocycles. The number of pyridine rings is 1. The van der Waals surface area contributed by atoms with E-state index in [0.29, 0.717) is 35.6 Å². The number of hydrazone groups is 1. The van der Waals surface area contributed by atoms with Crippen LogP contribution in [-0.2, 0) is 11.2 Å². The molecule has 154 valence electrons. The molecule has 2 heterocycles. The van der Waals surface area contributed by atoms with E-state index in [1.807, 2.05) is 37.3 Å². The summed E-state index contributed by atoms with van der Waals surface area (Å²) < 4.78 is 10.8. The number of aryl methyl sites for hydroxylation is 1. The lowest BCUT2D eigenvalue weighted by Crippen LogP contribution is -2.22. The van der Waals surface area contributed by atoms with E-state index < -0.39 is 6.09 Å². The van der Waals surface area contributed by atoms with Crippen molar-refractivity contribution in [3.05, 3.63) is 59.2 Å². The van der Waals surface area contributed by atoms with E-state index in [1.165, 1.54) is 0 Å². The number of hydrogen-bond acceptors (Lipinski definition) is 6. The SMILES string of the molecule is CCOC(=O)N/N=C1\CCCc2oc(C(=O)Nc3cccc4ncccc34)c(C)c21. The zero-order chi connectivity index (χ0) is 21.1. The Kier molecular flexibility index (Phi) is 5.47. The number of anilines is 1. The molecule has 3 aromatic rings. The van der Waals surface area contributed by atoms with Crippen LogP contribution >= 0.6 is 0 Å². The molecule has 8 nitrogen and oxygen atoms in total. The number of benzene rings is 1. The predicted molar refractivity (Wildman–Crippen MR) is 113 cm³/mol. The van der Waals surface area contributed by atoms with Crippen molar-refractivity contribution < 1.29 is 18.7 Å². The van der Waals surface area contributed by atoms with Gasteiger partial charge in [0.25, 0.3) is 5.91 Å². The number of carbonyl (C=O) groups excluding carboxylic acids is 2. The number of rotatable bonds is 4. The van der Waals surface area contributed by atoms with Gasteiger partial charge in [0, 0.05) is 29.1 Å². The molecule has 0 unspecified atom stereocenters. The van der Waals surface area contributed by atoms with Gasteiger partial charge in [-0.1, -0.05) is 6.07 Å². The number of carbonyl (C=O) groups is 2. The van der Waals surface area contributed by atoms with Gasteiger partial charge in [-0.2, -0.15) is 5.10 Å². The van der Waals surface area contributed by atoms with Crippen molar-refractivity contribution in [2.45, 2.75) is 33.1 Å². The molecule has 0 spiro atoms. The van der Waals surface area contributed by atoms with Crippen LogP contribution in [0.15, 0.2) is 46.0 Å². The summed E-state index contributed by atoms with van der Waals surface area (Å²) >= 11 is 0. The highest BCUT2D eigenvalue weighted by Crippen LogP contribution is 2.31. The van der Waals surface area contributed by atoms with Crippen molar-refractivity contribution in [2.24, 2.45) is 5.10 Å². The summed E-state index contributed by atoms with van der Waals surface area (Å²) in [7, 11) is 0. The molecule has 0 saturated heterocycles. The van der Waals surface area contributed by atoms with E-state index in [-0.39, 0.29) is 18.3 Å². The molecular formula is C22H22N4O4. The van der Waals surface area contributed by atoms with Crippen molar-refractivity contribution >= 4 is 34.3 Å². The quantitative estimate of drug-likeness (QED) is 0.633. The second-order valence-corrected chi connectivity index (χ2v) is 6.93. The van der Waals surface area contributed by atoms with Gasteiger partial charge in [-0.05, 0) is 51.0 Å². The number of hydrogen-bond donors (Lipinski definition) is 2. The van der Waals surface area contributed by atoms with Crippen LogP contribution in [0.4, 0.5) is 10.5 Å². The maximum absolute atomic E-state index is 13.0. The molecule has 2 aromatic heterocycles. The molecule has 0 fully saturated rings. The largest absolute Gasteiger partial charge is 0.455 e. The van der Waals surface area contributed by atoms with Crippen molar-refractivity contribution in [1.82, 2.24) is 10.4 Å². The van der Waals surface area contributed by atoms with Gasteiger partial charge in [-0.15, -0.1) is 0 Å². The van der Waals surface area contributed by atoms with Crippen LogP contribution in [0, 0.1) is 6.92 Å².